The SMILES string of the molecule is CCOc1ccc(/C(O)=C2/C(=O)C(=O)N(c3ccc(OC(C)C)cc3)C2c2ccco2)cc1C(C)C. The third kappa shape index (κ3) is 4.73. The fourth-order valence-electron chi connectivity index (χ4n) is 4.36. The van der Waals surface area contributed by atoms with Crippen molar-refractivity contribution in [3.63, 3.8) is 0 Å². The molecule has 1 atom stereocenters. The Morgan fingerprint density at radius 2 is 1.78 bits per heavy atom. The normalized spacial score (nSPS) is 17.3. The molecular weight excluding hydrogens is 458 g/mol. The zero-order chi connectivity index (χ0) is 26.0. The first kappa shape index (κ1) is 25.1. The van der Waals surface area contributed by atoms with E-state index in [9.17, 15) is 14.7 Å². The molecule has 36 heavy (non-hydrogen) atoms. The maximum atomic E-state index is 13.3. The van der Waals surface area contributed by atoms with Crippen LogP contribution in [0.4, 0.5) is 5.69 Å². The first-order chi connectivity index (χ1) is 17.2. The monoisotopic (exact) mass is 489 g/mol. The van der Waals surface area contributed by atoms with Crippen LogP contribution >= 0.6 is 0 Å². The third-order valence-electron chi connectivity index (χ3n) is 5.95. The molecule has 3 aromatic rings. The van der Waals surface area contributed by atoms with Gasteiger partial charge in [0.15, 0.2) is 0 Å². The van der Waals surface area contributed by atoms with Crippen LogP contribution in [0.15, 0.2) is 70.9 Å². The number of aliphatic hydroxyl groups is 1. The van der Waals surface area contributed by atoms with Crippen LogP contribution in [0.2, 0.25) is 0 Å². The summed E-state index contributed by atoms with van der Waals surface area (Å²) < 4.78 is 17.1. The zero-order valence-electron chi connectivity index (χ0n) is 21.1. The van der Waals surface area contributed by atoms with Crippen LogP contribution in [-0.4, -0.2) is 29.5 Å². The van der Waals surface area contributed by atoms with E-state index in [4.69, 9.17) is 13.9 Å². The number of carbonyl (C=O) groups excluding carboxylic acids is 2. The predicted molar refractivity (Wildman–Crippen MR) is 137 cm³/mol. The molecule has 0 radical (unpaired) electrons. The van der Waals surface area contributed by atoms with Gasteiger partial charge in [-0.25, -0.2) is 0 Å². The molecule has 7 heteroatoms. The van der Waals surface area contributed by atoms with Crippen LogP contribution in [0.5, 0.6) is 11.5 Å². The summed E-state index contributed by atoms with van der Waals surface area (Å²) in [4.78, 5) is 27.9. The Kier molecular flexibility index (Phi) is 7.20. The summed E-state index contributed by atoms with van der Waals surface area (Å²) in [6, 6.07) is 14.6. The van der Waals surface area contributed by atoms with E-state index in [-0.39, 0.29) is 23.4 Å². The molecule has 2 aromatic carbocycles. The highest BCUT2D eigenvalue weighted by molar-refractivity contribution is 6.51. The standard InChI is InChI=1S/C29H31NO6/c1-6-34-23-14-9-19(16-22(23)17(2)3)27(31)25-26(24-8-7-15-35-24)30(29(33)28(25)32)20-10-12-21(13-11-20)36-18(4)5/h7-18,26,31H,6H2,1-5H3/b27-25-. The van der Waals surface area contributed by atoms with Crippen LogP contribution < -0.4 is 14.4 Å². The van der Waals surface area contributed by atoms with E-state index in [1.165, 1.54) is 11.2 Å². The number of amides is 1. The summed E-state index contributed by atoms with van der Waals surface area (Å²) in [6.45, 7) is 10.3. The maximum Gasteiger partial charge on any atom is 0.300 e. The molecule has 1 saturated heterocycles. The number of carbonyl (C=O) groups is 2. The number of benzene rings is 2. The number of Topliss-reactive ketones (excluding diaryl/α,β-unsaturated/α-hetero) is 1. The Morgan fingerprint density at radius 3 is 2.36 bits per heavy atom. The Morgan fingerprint density at radius 1 is 1.06 bits per heavy atom. The zero-order valence-corrected chi connectivity index (χ0v) is 21.1. The van der Waals surface area contributed by atoms with Gasteiger partial charge in [-0.15, -0.1) is 0 Å². The van der Waals surface area contributed by atoms with Gasteiger partial charge in [0.05, 0.1) is 24.5 Å². The van der Waals surface area contributed by atoms with E-state index in [1.54, 1.807) is 54.6 Å². The minimum absolute atomic E-state index is 0.00181. The molecule has 0 saturated carbocycles. The highest BCUT2D eigenvalue weighted by Crippen LogP contribution is 2.43. The van der Waals surface area contributed by atoms with E-state index in [2.05, 4.69) is 0 Å². The Labute approximate surface area is 210 Å². The van der Waals surface area contributed by atoms with Gasteiger partial charge in [-0.2, -0.15) is 0 Å². The van der Waals surface area contributed by atoms with Crippen LogP contribution in [0, 0.1) is 0 Å². The Hall–Kier alpha value is -4.00. The van der Waals surface area contributed by atoms with Crippen LogP contribution in [-0.2, 0) is 9.59 Å². The number of hydrogen-bond donors (Lipinski definition) is 1. The number of nitrogens with zero attached hydrogens (tertiary/aromatic N) is 1. The van der Waals surface area contributed by atoms with Gasteiger partial charge >= 0.3 is 0 Å². The average Bonchev–Trinajstić information content (AvgIpc) is 3.46. The summed E-state index contributed by atoms with van der Waals surface area (Å²) in [5.41, 5.74) is 1.78. The second-order valence-corrected chi connectivity index (χ2v) is 9.19. The van der Waals surface area contributed by atoms with Crippen molar-refractivity contribution in [1.29, 1.82) is 0 Å². The average molecular weight is 490 g/mol. The van der Waals surface area contributed by atoms with Gasteiger partial charge < -0.3 is 19.0 Å². The minimum atomic E-state index is -0.925. The third-order valence-corrected chi connectivity index (χ3v) is 5.95. The molecule has 1 aliphatic rings. The van der Waals surface area contributed by atoms with Gasteiger partial charge in [-0.3, -0.25) is 14.5 Å². The number of ether oxygens (including phenoxy) is 2. The van der Waals surface area contributed by atoms with Gasteiger partial charge in [0.25, 0.3) is 11.7 Å². The fraction of sp³-hybridized carbons (Fsp3) is 0.310. The first-order valence-corrected chi connectivity index (χ1v) is 12.1. The number of furan rings is 1. The van der Waals surface area contributed by atoms with Gasteiger partial charge in [0.2, 0.25) is 0 Å². The highest BCUT2D eigenvalue weighted by atomic mass is 16.5. The van der Waals surface area contributed by atoms with Crippen molar-refractivity contribution in [1.82, 2.24) is 0 Å². The van der Waals surface area contributed by atoms with Gasteiger partial charge in [0.1, 0.15) is 29.1 Å². The van der Waals surface area contributed by atoms with Crippen molar-refractivity contribution in [2.75, 3.05) is 11.5 Å². The molecule has 188 valence electrons. The lowest BCUT2D eigenvalue weighted by molar-refractivity contribution is -0.132. The number of rotatable bonds is 8. The number of anilines is 1. The maximum absolute atomic E-state index is 13.3. The summed E-state index contributed by atoms with van der Waals surface area (Å²) in [5, 5.41) is 11.4. The van der Waals surface area contributed by atoms with E-state index >= 15 is 0 Å². The largest absolute Gasteiger partial charge is 0.507 e. The van der Waals surface area contributed by atoms with Gasteiger partial charge in [0, 0.05) is 11.3 Å². The molecule has 4 rings (SSSR count). The Balaban J connectivity index is 1.83. The van der Waals surface area contributed by atoms with Crippen LogP contribution in [0.3, 0.4) is 0 Å². The molecule has 7 nitrogen and oxygen atoms in total. The van der Waals surface area contributed by atoms with Crippen LogP contribution in [0.1, 0.15) is 63.5 Å². The van der Waals surface area contributed by atoms with E-state index in [0.29, 0.717) is 29.4 Å². The smallest absolute Gasteiger partial charge is 0.300 e. The lowest BCUT2D eigenvalue weighted by Gasteiger charge is -2.24. The number of hydrogen-bond acceptors (Lipinski definition) is 6. The second kappa shape index (κ2) is 10.3. The topological polar surface area (TPSA) is 89.2 Å². The van der Waals surface area contributed by atoms with Crippen molar-refractivity contribution in [2.45, 2.75) is 52.7 Å². The van der Waals surface area contributed by atoms with Crippen molar-refractivity contribution in [3.8, 4) is 11.5 Å². The number of aliphatic hydroxyl groups excluding tert-OH is 1. The van der Waals surface area contributed by atoms with E-state index in [1.807, 2.05) is 34.6 Å². The summed E-state index contributed by atoms with van der Waals surface area (Å²) in [6.07, 6.45) is 1.47. The van der Waals surface area contributed by atoms with Crippen molar-refractivity contribution >= 4 is 23.1 Å². The van der Waals surface area contributed by atoms with E-state index in [0.717, 1.165) is 11.3 Å². The lowest BCUT2D eigenvalue weighted by atomic mass is 9.95. The minimum Gasteiger partial charge on any atom is -0.507 e. The molecule has 0 aliphatic carbocycles. The van der Waals surface area contributed by atoms with Crippen molar-refractivity contribution in [2.24, 2.45) is 0 Å². The Bertz CT molecular complexity index is 1270. The predicted octanol–water partition coefficient (Wildman–Crippen LogP) is 6.22. The molecule has 1 aliphatic heterocycles. The summed E-state index contributed by atoms with van der Waals surface area (Å²) >= 11 is 0. The second-order valence-electron chi connectivity index (χ2n) is 9.19. The molecule has 1 unspecified atom stereocenters. The fourth-order valence-corrected chi connectivity index (χ4v) is 4.36. The van der Waals surface area contributed by atoms with Crippen LogP contribution in [0.25, 0.3) is 5.76 Å². The lowest BCUT2D eigenvalue weighted by Crippen LogP contribution is -2.29. The van der Waals surface area contributed by atoms with Gasteiger partial charge in [-0.05, 0) is 86.8 Å². The van der Waals surface area contributed by atoms with Gasteiger partial charge in [-0.1, -0.05) is 13.8 Å². The summed E-state index contributed by atoms with van der Waals surface area (Å²) in [7, 11) is 0. The quantitative estimate of drug-likeness (QED) is 0.230. The molecule has 0 bridgehead atoms. The molecule has 1 fully saturated rings. The number of ketones is 1. The molecule has 1 aromatic heterocycles. The molecule has 1 amide bonds. The van der Waals surface area contributed by atoms with Crippen molar-refractivity contribution in [3.05, 3.63) is 83.3 Å². The van der Waals surface area contributed by atoms with Crippen molar-refractivity contribution < 1.29 is 28.6 Å². The first-order valence-electron chi connectivity index (χ1n) is 12.1. The van der Waals surface area contributed by atoms with E-state index < -0.39 is 17.7 Å². The highest BCUT2D eigenvalue weighted by Gasteiger charge is 2.48. The molecule has 0 spiro atoms. The summed E-state index contributed by atoms with van der Waals surface area (Å²) in [5.74, 6) is 0.0672. The molecule has 2 heterocycles. The molecule has 1 N–H and O–H groups in total. The molecular formula is C29H31NO6.